The summed E-state index contributed by atoms with van der Waals surface area (Å²) >= 11 is 0. The molecule has 0 aliphatic carbocycles. The lowest BCUT2D eigenvalue weighted by molar-refractivity contribution is 0.144. The number of hydrogen-bond donors (Lipinski definition) is 2. The monoisotopic (exact) mass is 282 g/mol. The first-order chi connectivity index (χ1) is 9.55. The van der Waals surface area contributed by atoms with E-state index in [1.807, 2.05) is 6.08 Å². The van der Waals surface area contributed by atoms with Gasteiger partial charge in [0.05, 0.1) is 0 Å². The van der Waals surface area contributed by atoms with E-state index in [9.17, 15) is 4.79 Å². The summed E-state index contributed by atoms with van der Waals surface area (Å²) in [5.74, 6) is 0. The summed E-state index contributed by atoms with van der Waals surface area (Å²) in [5.41, 5.74) is 0. The molecule has 116 valence electrons. The van der Waals surface area contributed by atoms with Gasteiger partial charge in [0.1, 0.15) is 0 Å². The van der Waals surface area contributed by atoms with E-state index in [2.05, 4.69) is 47.9 Å². The Balaban J connectivity index is 2.25. The first kappa shape index (κ1) is 17.0. The smallest absolute Gasteiger partial charge is 0.315 e. The zero-order valence-electron chi connectivity index (χ0n) is 13.2. The van der Waals surface area contributed by atoms with Crippen LogP contribution in [0.2, 0.25) is 0 Å². The Kier molecular flexibility index (Phi) is 7.62. The number of likely N-dealkylation sites (N-methyl/N-ethyl adjacent to an activating group) is 1. The molecule has 0 unspecified atom stereocenters. The molecule has 0 aromatic carbocycles. The van der Waals surface area contributed by atoms with Gasteiger partial charge in [-0.15, -0.1) is 6.58 Å². The van der Waals surface area contributed by atoms with Crippen LogP contribution in [0.5, 0.6) is 0 Å². The van der Waals surface area contributed by atoms with Crippen molar-refractivity contribution in [2.75, 3.05) is 39.8 Å². The van der Waals surface area contributed by atoms with Crippen LogP contribution in [0.4, 0.5) is 4.79 Å². The maximum Gasteiger partial charge on any atom is 0.315 e. The first-order valence-electron chi connectivity index (χ1n) is 7.64. The van der Waals surface area contributed by atoms with Gasteiger partial charge in [0.15, 0.2) is 0 Å². The van der Waals surface area contributed by atoms with Gasteiger partial charge in [0.25, 0.3) is 0 Å². The number of nitrogens with one attached hydrogen (secondary N) is 2. The Labute approximate surface area is 123 Å². The predicted molar refractivity (Wildman–Crippen MR) is 84.0 cm³/mol. The molecule has 1 rings (SSSR count). The molecule has 0 radical (unpaired) electrons. The molecule has 0 aromatic heterocycles. The highest BCUT2D eigenvalue weighted by Gasteiger charge is 2.17. The van der Waals surface area contributed by atoms with Crippen molar-refractivity contribution in [1.29, 1.82) is 0 Å². The Hall–Kier alpha value is -1.07. The van der Waals surface area contributed by atoms with Gasteiger partial charge in [-0.1, -0.05) is 13.0 Å². The van der Waals surface area contributed by atoms with Crippen LogP contribution < -0.4 is 10.6 Å². The second-order valence-electron chi connectivity index (χ2n) is 5.75. The first-order valence-corrected chi connectivity index (χ1v) is 7.64. The van der Waals surface area contributed by atoms with Crippen LogP contribution in [0.15, 0.2) is 12.7 Å². The molecule has 1 heterocycles. The van der Waals surface area contributed by atoms with E-state index in [-0.39, 0.29) is 18.1 Å². The molecular weight excluding hydrogens is 252 g/mol. The Bertz CT molecular complexity index is 300. The molecule has 1 fully saturated rings. The van der Waals surface area contributed by atoms with Crippen molar-refractivity contribution in [2.45, 2.75) is 38.8 Å². The maximum absolute atomic E-state index is 11.9. The summed E-state index contributed by atoms with van der Waals surface area (Å²) in [5, 5.41) is 6.02. The third kappa shape index (κ3) is 6.39. The SMILES string of the molecule is C=CC[C@@H](CC)NC(=O)N[C@H](C)CN1CCN(C)CC1. The molecule has 5 nitrogen and oxygen atoms in total. The van der Waals surface area contributed by atoms with Crippen molar-refractivity contribution in [3.8, 4) is 0 Å². The zero-order chi connectivity index (χ0) is 15.0. The number of carbonyl (C=O) groups excluding carboxylic acids is 1. The highest BCUT2D eigenvalue weighted by atomic mass is 16.2. The van der Waals surface area contributed by atoms with Crippen molar-refractivity contribution in [2.24, 2.45) is 0 Å². The number of carbonyl (C=O) groups is 1. The number of hydrogen-bond acceptors (Lipinski definition) is 3. The molecular formula is C15H30N4O. The molecule has 1 aliphatic heterocycles. The minimum Gasteiger partial charge on any atom is -0.335 e. The lowest BCUT2D eigenvalue weighted by atomic mass is 10.1. The van der Waals surface area contributed by atoms with Crippen LogP contribution in [0.3, 0.4) is 0 Å². The lowest BCUT2D eigenvalue weighted by Gasteiger charge is -2.34. The number of rotatable bonds is 7. The number of piperazine rings is 1. The highest BCUT2D eigenvalue weighted by molar-refractivity contribution is 5.74. The van der Waals surface area contributed by atoms with Crippen molar-refractivity contribution < 1.29 is 4.79 Å². The van der Waals surface area contributed by atoms with Crippen LogP contribution in [0.1, 0.15) is 26.7 Å². The number of nitrogens with zero attached hydrogens (tertiary/aromatic N) is 2. The van der Waals surface area contributed by atoms with E-state index in [1.165, 1.54) is 0 Å². The minimum atomic E-state index is -0.0691. The fourth-order valence-electron chi connectivity index (χ4n) is 2.44. The van der Waals surface area contributed by atoms with Crippen molar-refractivity contribution in [1.82, 2.24) is 20.4 Å². The molecule has 2 N–H and O–H groups in total. The molecule has 1 saturated heterocycles. The molecule has 0 aromatic rings. The summed E-state index contributed by atoms with van der Waals surface area (Å²) < 4.78 is 0. The number of amides is 2. The van der Waals surface area contributed by atoms with Crippen molar-refractivity contribution in [3.05, 3.63) is 12.7 Å². The maximum atomic E-state index is 11.9. The number of urea groups is 1. The molecule has 0 bridgehead atoms. The second kappa shape index (κ2) is 8.97. The van der Waals surface area contributed by atoms with E-state index in [0.717, 1.165) is 45.6 Å². The Morgan fingerprint density at radius 1 is 1.30 bits per heavy atom. The average Bonchev–Trinajstić information content (AvgIpc) is 2.40. The fraction of sp³-hybridized carbons (Fsp3) is 0.800. The van der Waals surface area contributed by atoms with Crippen LogP contribution in [0.25, 0.3) is 0 Å². The van der Waals surface area contributed by atoms with Gasteiger partial charge in [0, 0.05) is 44.8 Å². The summed E-state index contributed by atoms with van der Waals surface area (Å²) in [7, 11) is 2.15. The quantitative estimate of drug-likeness (QED) is 0.692. The molecule has 1 aliphatic rings. The average molecular weight is 282 g/mol. The third-order valence-corrected chi connectivity index (χ3v) is 3.78. The van der Waals surface area contributed by atoms with E-state index in [1.54, 1.807) is 0 Å². The predicted octanol–water partition coefficient (Wildman–Crippen LogP) is 1.28. The summed E-state index contributed by atoms with van der Waals surface area (Å²) in [6, 6.07) is 0.281. The van der Waals surface area contributed by atoms with Gasteiger partial charge < -0.3 is 15.5 Å². The molecule has 0 saturated carbocycles. The van der Waals surface area contributed by atoms with Crippen LogP contribution in [-0.2, 0) is 0 Å². The Morgan fingerprint density at radius 3 is 2.50 bits per heavy atom. The molecule has 2 amide bonds. The van der Waals surface area contributed by atoms with Crippen molar-refractivity contribution in [3.63, 3.8) is 0 Å². The van der Waals surface area contributed by atoms with E-state index in [0.29, 0.717) is 0 Å². The fourth-order valence-corrected chi connectivity index (χ4v) is 2.44. The summed E-state index contributed by atoms with van der Waals surface area (Å²) in [6.45, 7) is 13.1. The largest absolute Gasteiger partial charge is 0.335 e. The van der Waals surface area contributed by atoms with Gasteiger partial charge in [-0.2, -0.15) is 0 Å². The summed E-state index contributed by atoms with van der Waals surface area (Å²) in [6.07, 6.45) is 3.59. The van der Waals surface area contributed by atoms with Gasteiger partial charge in [-0.3, -0.25) is 4.90 Å². The van der Waals surface area contributed by atoms with E-state index < -0.39 is 0 Å². The van der Waals surface area contributed by atoms with Crippen LogP contribution in [-0.4, -0.2) is 67.7 Å². The van der Waals surface area contributed by atoms with Gasteiger partial charge in [0.2, 0.25) is 0 Å². The Morgan fingerprint density at radius 2 is 1.95 bits per heavy atom. The summed E-state index contributed by atoms with van der Waals surface area (Å²) in [4.78, 5) is 16.7. The standard InChI is InChI=1S/C15H30N4O/c1-5-7-14(6-2)17-15(20)16-13(3)12-19-10-8-18(4)9-11-19/h5,13-14H,1,6-12H2,2-4H3,(H2,16,17,20)/t13-,14-/m1/s1. The van der Waals surface area contributed by atoms with E-state index in [4.69, 9.17) is 0 Å². The molecule has 5 heteroatoms. The lowest BCUT2D eigenvalue weighted by Crippen LogP contribution is -2.52. The van der Waals surface area contributed by atoms with Gasteiger partial charge in [-0.05, 0) is 26.8 Å². The second-order valence-corrected chi connectivity index (χ2v) is 5.75. The molecule has 2 atom stereocenters. The topological polar surface area (TPSA) is 47.6 Å². The van der Waals surface area contributed by atoms with Crippen molar-refractivity contribution >= 4 is 6.03 Å². The zero-order valence-corrected chi connectivity index (χ0v) is 13.2. The van der Waals surface area contributed by atoms with E-state index >= 15 is 0 Å². The van der Waals surface area contributed by atoms with Gasteiger partial charge >= 0.3 is 6.03 Å². The highest BCUT2D eigenvalue weighted by Crippen LogP contribution is 2.01. The minimum absolute atomic E-state index is 0.0691. The molecule has 0 spiro atoms. The van der Waals surface area contributed by atoms with Crippen LogP contribution >= 0.6 is 0 Å². The normalized spacial score (nSPS) is 20.1. The third-order valence-electron chi connectivity index (χ3n) is 3.78. The van der Waals surface area contributed by atoms with Crippen LogP contribution in [0, 0.1) is 0 Å². The van der Waals surface area contributed by atoms with Gasteiger partial charge in [-0.25, -0.2) is 4.79 Å². The molecule has 20 heavy (non-hydrogen) atoms.